The number of fused-ring (bicyclic) bond motifs is 1. The molecule has 1 amide bonds. The highest BCUT2D eigenvalue weighted by Gasteiger charge is 2.28. The number of aromatic nitrogens is 2. The SMILES string of the molecule is NC(CCl)=Nc1ccc(CC(NC(=O)c2ccc(Oc3ccccc3)cc2)c2nc3ccccc3n2CC2CC2)cc1. The van der Waals surface area contributed by atoms with Gasteiger partial charge in [0.15, 0.2) is 0 Å². The smallest absolute Gasteiger partial charge is 0.251 e. The number of nitrogens with zero attached hydrogens (tertiary/aromatic N) is 3. The lowest BCUT2D eigenvalue weighted by Crippen LogP contribution is -2.32. The van der Waals surface area contributed by atoms with Crippen molar-refractivity contribution in [3.8, 4) is 11.5 Å². The van der Waals surface area contributed by atoms with Crippen LogP contribution in [0.25, 0.3) is 11.0 Å². The first-order chi connectivity index (χ1) is 20.6. The Bertz CT molecular complexity index is 1690. The summed E-state index contributed by atoms with van der Waals surface area (Å²) in [6.07, 6.45) is 2.99. The van der Waals surface area contributed by atoms with Gasteiger partial charge in [0.1, 0.15) is 23.2 Å². The minimum atomic E-state index is -0.355. The Morgan fingerprint density at radius 3 is 2.36 bits per heavy atom. The number of carbonyl (C=O) groups excluding carboxylic acids is 1. The molecule has 0 aliphatic heterocycles. The second-order valence-corrected chi connectivity index (χ2v) is 10.9. The highest BCUT2D eigenvalue weighted by molar-refractivity contribution is 6.28. The maximum atomic E-state index is 13.6. The molecule has 0 spiro atoms. The molecular formula is C34H32ClN5O2. The number of aliphatic imine (C=N–C) groups is 1. The first kappa shape index (κ1) is 27.5. The summed E-state index contributed by atoms with van der Waals surface area (Å²) in [4.78, 5) is 23.0. The van der Waals surface area contributed by atoms with Crippen molar-refractivity contribution in [2.24, 2.45) is 16.6 Å². The van der Waals surface area contributed by atoms with Crippen molar-refractivity contribution in [3.63, 3.8) is 0 Å². The zero-order chi connectivity index (χ0) is 28.9. The summed E-state index contributed by atoms with van der Waals surface area (Å²) in [6, 6.07) is 32.4. The van der Waals surface area contributed by atoms with E-state index in [9.17, 15) is 4.79 Å². The van der Waals surface area contributed by atoms with Gasteiger partial charge in [-0.05, 0) is 91.4 Å². The first-order valence-electron chi connectivity index (χ1n) is 14.1. The zero-order valence-corrected chi connectivity index (χ0v) is 23.9. The third-order valence-electron chi connectivity index (χ3n) is 7.32. The summed E-state index contributed by atoms with van der Waals surface area (Å²) in [5.41, 5.74) is 10.1. The Balaban J connectivity index is 1.28. The first-order valence-corrected chi connectivity index (χ1v) is 14.7. The van der Waals surface area contributed by atoms with E-state index in [4.69, 9.17) is 27.1 Å². The Labute approximate surface area is 250 Å². The van der Waals surface area contributed by atoms with Crippen LogP contribution in [0, 0.1) is 5.92 Å². The Morgan fingerprint density at radius 1 is 0.952 bits per heavy atom. The van der Waals surface area contributed by atoms with Crippen LogP contribution in [0.1, 0.15) is 40.6 Å². The number of halogens is 1. The summed E-state index contributed by atoms with van der Waals surface area (Å²) in [7, 11) is 0. The molecule has 0 saturated heterocycles. The Kier molecular flexibility index (Phi) is 8.19. The number of para-hydroxylation sites is 3. The van der Waals surface area contributed by atoms with Crippen LogP contribution >= 0.6 is 11.6 Å². The van der Waals surface area contributed by atoms with Crippen LogP contribution in [0.2, 0.25) is 0 Å². The lowest BCUT2D eigenvalue weighted by Gasteiger charge is -2.21. The van der Waals surface area contributed by atoms with Crippen molar-refractivity contribution in [1.29, 1.82) is 0 Å². The average Bonchev–Trinajstić information content (AvgIpc) is 3.77. The highest BCUT2D eigenvalue weighted by Crippen LogP contribution is 2.34. The summed E-state index contributed by atoms with van der Waals surface area (Å²) in [6.45, 7) is 0.888. The molecule has 3 N–H and O–H groups in total. The monoisotopic (exact) mass is 577 g/mol. The Hall–Kier alpha value is -4.62. The van der Waals surface area contributed by atoms with Gasteiger partial charge in [-0.15, -0.1) is 11.6 Å². The van der Waals surface area contributed by atoms with Crippen LogP contribution in [0.15, 0.2) is 108 Å². The molecule has 0 bridgehead atoms. The van der Waals surface area contributed by atoms with Gasteiger partial charge < -0.3 is 20.4 Å². The van der Waals surface area contributed by atoms with Gasteiger partial charge in [-0.25, -0.2) is 9.98 Å². The van der Waals surface area contributed by atoms with Gasteiger partial charge in [0.25, 0.3) is 5.91 Å². The average molecular weight is 578 g/mol. The number of hydrogen-bond donors (Lipinski definition) is 2. The van der Waals surface area contributed by atoms with Crippen molar-refractivity contribution in [3.05, 3.63) is 120 Å². The van der Waals surface area contributed by atoms with Crippen molar-refractivity contribution >= 4 is 40.1 Å². The molecule has 4 aromatic carbocycles. The predicted molar refractivity (Wildman–Crippen MR) is 168 cm³/mol. The number of imidazole rings is 1. The second-order valence-electron chi connectivity index (χ2n) is 10.6. The summed E-state index contributed by atoms with van der Waals surface area (Å²) in [5, 5.41) is 3.29. The predicted octanol–water partition coefficient (Wildman–Crippen LogP) is 7.18. The van der Waals surface area contributed by atoms with Gasteiger partial charge in [0, 0.05) is 12.1 Å². The van der Waals surface area contributed by atoms with E-state index in [0.717, 1.165) is 40.4 Å². The van der Waals surface area contributed by atoms with Crippen LogP contribution in [-0.4, -0.2) is 27.2 Å². The standard InChI is InChI=1S/C34H32ClN5O2/c35-21-32(36)37-26-16-12-23(13-17-26)20-30(33-38-29-8-4-5-9-31(29)40(33)22-24-10-11-24)39-34(41)25-14-18-28(19-15-25)42-27-6-2-1-3-7-27/h1-9,12-19,24,30H,10-11,20-22H2,(H2,36,37)(H,39,41). The normalized spacial score (nSPS) is 14.1. The van der Waals surface area contributed by atoms with Crippen LogP contribution in [-0.2, 0) is 13.0 Å². The molecule has 7 nitrogen and oxygen atoms in total. The molecule has 1 unspecified atom stereocenters. The van der Waals surface area contributed by atoms with Crippen LogP contribution in [0.3, 0.4) is 0 Å². The highest BCUT2D eigenvalue weighted by atomic mass is 35.5. The molecule has 0 radical (unpaired) electrons. The molecule has 212 valence electrons. The summed E-state index contributed by atoms with van der Waals surface area (Å²) in [5.74, 6) is 3.26. The molecule has 42 heavy (non-hydrogen) atoms. The lowest BCUT2D eigenvalue weighted by molar-refractivity contribution is 0.0934. The number of nitrogens with one attached hydrogen (secondary N) is 1. The minimum Gasteiger partial charge on any atom is -0.457 e. The molecule has 1 heterocycles. The molecule has 1 aliphatic rings. The molecule has 1 atom stereocenters. The topological polar surface area (TPSA) is 94.5 Å². The fourth-order valence-electron chi connectivity index (χ4n) is 5.00. The molecule has 6 rings (SSSR count). The van der Waals surface area contributed by atoms with Crippen LogP contribution in [0.4, 0.5) is 5.69 Å². The lowest BCUT2D eigenvalue weighted by atomic mass is 10.0. The van der Waals surface area contributed by atoms with Crippen molar-refractivity contribution in [1.82, 2.24) is 14.9 Å². The van der Waals surface area contributed by atoms with E-state index in [0.29, 0.717) is 29.5 Å². The molecule has 5 aromatic rings. The van der Waals surface area contributed by atoms with Gasteiger partial charge in [-0.3, -0.25) is 4.79 Å². The molecule has 8 heteroatoms. The second kappa shape index (κ2) is 12.5. The number of ether oxygens (including phenoxy) is 1. The number of amidine groups is 1. The molecular weight excluding hydrogens is 546 g/mol. The van der Waals surface area contributed by atoms with Crippen LogP contribution in [0.5, 0.6) is 11.5 Å². The largest absolute Gasteiger partial charge is 0.457 e. The van der Waals surface area contributed by atoms with E-state index in [1.165, 1.54) is 12.8 Å². The van der Waals surface area contributed by atoms with E-state index in [1.54, 1.807) is 12.1 Å². The maximum absolute atomic E-state index is 13.6. The van der Waals surface area contributed by atoms with E-state index in [-0.39, 0.29) is 17.8 Å². The van der Waals surface area contributed by atoms with E-state index in [2.05, 4.69) is 20.9 Å². The Morgan fingerprint density at radius 2 is 1.64 bits per heavy atom. The number of benzene rings is 4. The van der Waals surface area contributed by atoms with E-state index >= 15 is 0 Å². The maximum Gasteiger partial charge on any atom is 0.251 e. The number of hydrogen-bond acceptors (Lipinski definition) is 4. The number of alkyl halides is 1. The molecule has 1 aliphatic carbocycles. The molecule has 1 fully saturated rings. The van der Waals surface area contributed by atoms with Crippen molar-refractivity contribution < 1.29 is 9.53 Å². The van der Waals surface area contributed by atoms with Gasteiger partial charge in [-0.2, -0.15) is 0 Å². The number of carbonyl (C=O) groups is 1. The third-order valence-corrected chi connectivity index (χ3v) is 7.59. The van der Waals surface area contributed by atoms with Gasteiger partial charge in [0.2, 0.25) is 0 Å². The fraction of sp³-hybridized carbons (Fsp3) is 0.206. The zero-order valence-electron chi connectivity index (χ0n) is 23.1. The van der Waals surface area contributed by atoms with Crippen molar-refractivity contribution in [2.45, 2.75) is 31.8 Å². The number of amides is 1. The molecule has 1 aromatic heterocycles. The number of rotatable bonds is 11. The van der Waals surface area contributed by atoms with Gasteiger partial charge >= 0.3 is 0 Å². The number of nitrogens with two attached hydrogens (primary N) is 1. The van der Waals surface area contributed by atoms with Gasteiger partial charge in [-0.1, -0.05) is 42.5 Å². The third kappa shape index (κ3) is 6.64. The summed E-state index contributed by atoms with van der Waals surface area (Å²) < 4.78 is 8.19. The van der Waals surface area contributed by atoms with E-state index < -0.39 is 0 Å². The van der Waals surface area contributed by atoms with Crippen LogP contribution < -0.4 is 15.8 Å². The molecule has 1 saturated carbocycles. The van der Waals surface area contributed by atoms with E-state index in [1.807, 2.05) is 84.9 Å². The quantitative estimate of drug-likeness (QED) is 0.0987. The summed E-state index contributed by atoms with van der Waals surface area (Å²) >= 11 is 5.79. The van der Waals surface area contributed by atoms with Gasteiger partial charge in [0.05, 0.1) is 28.6 Å². The minimum absolute atomic E-state index is 0.173. The fourth-order valence-corrected chi connectivity index (χ4v) is 5.06. The van der Waals surface area contributed by atoms with Crippen molar-refractivity contribution in [2.75, 3.05) is 5.88 Å².